The van der Waals surface area contributed by atoms with Crippen LogP contribution in [0.15, 0.2) is 12.1 Å². The molecule has 0 saturated heterocycles. The molecular weight excluding hydrogens is 260 g/mol. The van der Waals surface area contributed by atoms with Gasteiger partial charge in [0.05, 0.1) is 17.6 Å². The number of carbonyl (C=O) groups excluding carboxylic acids is 1. The Hall–Kier alpha value is -2.05. The summed E-state index contributed by atoms with van der Waals surface area (Å²) in [6, 6.07) is 1.11. The molecule has 7 heteroatoms. The molecule has 1 aromatic rings. The molecule has 0 aliphatic carbocycles. The minimum atomic E-state index is -1.16. The Balaban J connectivity index is 2.62. The second-order valence-electron chi connectivity index (χ2n) is 3.84. The number of rotatable bonds is 7. The van der Waals surface area contributed by atoms with Crippen LogP contribution in [0.5, 0.6) is 5.75 Å². The van der Waals surface area contributed by atoms with E-state index >= 15 is 0 Å². The molecule has 0 bridgehead atoms. The van der Waals surface area contributed by atoms with Crippen LogP contribution in [-0.4, -0.2) is 17.3 Å². The first-order valence-corrected chi connectivity index (χ1v) is 5.73. The molecule has 1 rings (SSSR count). The van der Waals surface area contributed by atoms with Crippen molar-refractivity contribution in [3.63, 3.8) is 0 Å². The lowest BCUT2D eigenvalue weighted by Gasteiger charge is -2.07. The first-order chi connectivity index (χ1) is 8.95. The van der Waals surface area contributed by atoms with Crippen LogP contribution in [-0.2, 0) is 4.79 Å². The zero-order valence-electron chi connectivity index (χ0n) is 10.3. The molecule has 0 aromatic heterocycles. The van der Waals surface area contributed by atoms with Crippen LogP contribution in [0.3, 0.4) is 0 Å². The summed E-state index contributed by atoms with van der Waals surface area (Å²) in [6.45, 7) is 1.77. The van der Waals surface area contributed by atoms with Crippen molar-refractivity contribution in [1.82, 2.24) is 0 Å². The minimum Gasteiger partial charge on any atom is -0.490 e. The molecule has 0 radical (unpaired) electrons. The Bertz CT molecular complexity index is 491. The summed E-state index contributed by atoms with van der Waals surface area (Å²) < 4.78 is 31.6. The summed E-state index contributed by atoms with van der Waals surface area (Å²) in [4.78, 5) is 20.4. The van der Waals surface area contributed by atoms with Crippen molar-refractivity contribution in [2.24, 2.45) is 0 Å². The number of hydrogen-bond donors (Lipinski definition) is 0. The normalized spacial score (nSPS) is 10.3. The van der Waals surface area contributed by atoms with Gasteiger partial charge >= 0.3 is 5.69 Å². The SMILES string of the molecule is CCC(=O)CCCOc1cc(F)c([N+](=O)[O-])cc1F. The van der Waals surface area contributed by atoms with Gasteiger partial charge in [-0.3, -0.25) is 14.9 Å². The van der Waals surface area contributed by atoms with E-state index in [1.807, 2.05) is 0 Å². The van der Waals surface area contributed by atoms with E-state index in [0.29, 0.717) is 31.4 Å². The predicted octanol–water partition coefficient (Wildman–Crippen LogP) is 3.01. The number of ketones is 1. The largest absolute Gasteiger partial charge is 0.490 e. The molecule has 5 nitrogen and oxygen atoms in total. The molecule has 0 amide bonds. The van der Waals surface area contributed by atoms with Gasteiger partial charge in [-0.25, -0.2) is 4.39 Å². The third-order valence-corrected chi connectivity index (χ3v) is 2.45. The second kappa shape index (κ2) is 6.77. The molecule has 0 spiro atoms. The fraction of sp³-hybridized carbons (Fsp3) is 0.417. The molecule has 19 heavy (non-hydrogen) atoms. The van der Waals surface area contributed by atoms with E-state index in [0.717, 1.165) is 0 Å². The molecule has 0 fully saturated rings. The van der Waals surface area contributed by atoms with Crippen LogP contribution in [0.25, 0.3) is 0 Å². The lowest BCUT2D eigenvalue weighted by molar-refractivity contribution is -0.387. The molecule has 0 unspecified atom stereocenters. The van der Waals surface area contributed by atoms with Crippen molar-refractivity contribution in [2.75, 3.05) is 6.61 Å². The zero-order chi connectivity index (χ0) is 14.4. The smallest absolute Gasteiger partial charge is 0.307 e. The lowest BCUT2D eigenvalue weighted by atomic mass is 10.2. The highest BCUT2D eigenvalue weighted by Crippen LogP contribution is 2.26. The summed E-state index contributed by atoms with van der Waals surface area (Å²) in [5.74, 6) is -2.51. The van der Waals surface area contributed by atoms with Gasteiger partial charge in [-0.05, 0) is 6.42 Å². The zero-order valence-corrected chi connectivity index (χ0v) is 10.3. The topological polar surface area (TPSA) is 69.4 Å². The van der Waals surface area contributed by atoms with Gasteiger partial charge in [0.15, 0.2) is 11.6 Å². The van der Waals surface area contributed by atoms with Crippen LogP contribution >= 0.6 is 0 Å². The molecule has 104 valence electrons. The number of Topliss-reactive ketones (excluding diaryl/α,β-unsaturated/α-hetero) is 1. The highest BCUT2D eigenvalue weighted by molar-refractivity contribution is 5.77. The number of ether oxygens (including phenoxy) is 1. The minimum absolute atomic E-state index is 0.0416. The van der Waals surface area contributed by atoms with Crippen molar-refractivity contribution >= 4 is 11.5 Å². The third kappa shape index (κ3) is 4.27. The average molecular weight is 273 g/mol. The van der Waals surface area contributed by atoms with E-state index in [-0.39, 0.29) is 12.4 Å². The lowest BCUT2D eigenvalue weighted by Crippen LogP contribution is -2.04. The van der Waals surface area contributed by atoms with Crippen molar-refractivity contribution in [3.05, 3.63) is 33.9 Å². The fourth-order valence-corrected chi connectivity index (χ4v) is 1.40. The molecule has 0 saturated carbocycles. The highest BCUT2D eigenvalue weighted by atomic mass is 19.1. The van der Waals surface area contributed by atoms with Gasteiger partial charge in [0.25, 0.3) is 0 Å². The van der Waals surface area contributed by atoms with E-state index in [2.05, 4.69) is 0 Å². The van der Waals surface area contributed by atoms with Crippen LogP contribution in [0.2, 0.25) is 0 Å². The van der Waals surface area contributed by atoms with Crippen LogP contribution in [0, 0.1) is 21.7 Å². The number of carbonyl (C=O) groups is 1. The van der Waals surface area contributed by atoms with Crippen LogP contribution in [0.4, 0.5) is 14.5 Å². The van der Waals surface area contributed by atoms with Crippen molar-refractivity contribution in [1.29, 1.82) is 0 Å². The monoisotopic (exact) mass is 273 g/mol. The summed E-state index contributed by atoms with van der Waals surface area (Å²) in [5, 5.41) is 10.4. The molecular formula is C12H13F2NO4. The van der Waals surface area contributed by atoms with Crippen LogP contribution in [0.1, 0.15) is 26.2 Å². The third-order valence-electron chi connectivity index (χ3n) is 2.45. The van der Waals surface area contributed by atoms with Crippen LogP contribution < -0.4 is 4.74 Å². The van der Waals surface area contributed by atoms with Gasteiger partial charge in [0, 0.05) is 18.9 Å². The number of benzene rings is 1. The van der Waals surface area contributed by atoms with E-state index < -0.39 is 28.0 Å². The van der Waals surface area contributed by atoms with Gasteiger partial charge in [-0.1, -0.05) is 6.92 Å². The first kappa shape index (κ1) is 15.0. The molecule has 0 N–H and O–H groups in total. The van der Waals surface area contributed by atoms with Gasteiger partial charge < -0.3 is 4.74 Å². The Labute approximate surface area is 108 Å². The second-order valence-corrected chi connectivity index (χ2v) is 3.84. The maximum atomic E-state index is 13.4. The Morgan fingerprint density at radius 1 is 1.37 bits per heavy atom. The maximum absolute atomic E-state index is 13.4. The van der Waals surface area contributed by atoms with Gasteiger partial charge in [0.1, 0.15) is 5.78 Å². The Morgan fingerprint density at radius 2 is 2.05 bits per heavy atom. The van der Waals surface area contributed by atoms with E-state index in [1.54, 1.807) is 6.92 Å². The van der Waals surface area contributed by atoms with E-state index in [4.69, 9.17) is 4.74 Å². The van der Waals surface area contributed by atoms with Gasteiger partial charge in [0.2, 0.25) is 5.82 Å². The van der Waals surface area contributed by atoms with Crippen molar-refractivity contribution < 1.29 is 23.2 Å². The van der Waals surface area contributed by atoms with Crippen molar-refractivity contribution in [3.8, 4) is 5.75 Å². The Kier molecular flexibility index (Phi) is 5.35. The number of hydrogen-bond acceptors (Lipinski definition) is 4. The van der Waals surface area contributed by atoms with E-state index in [1.165, 1.54) is 0 Å². The molecule has 0 aliphatic heterocycles. The number of nitrogens with zero attached hydrogens (tertiary/aromatic N) is 1. The first-order valence-electron chi connectivity index (χ1n) is 5.73. The number of halogens is 2. The molecule has 0 aliphatic rings. The molecule has 0 atom stereocenters. The standard InChI is InChI=1S/C12H13F2NO4/c1-2-8(16)4-3-5-19-12-7-9(13)11(15(17)18)6-10(12)14/h6-7H,2-5H2,1H3. The van der Waals surface area contributed by atoms with E-state index in [9.17, 15) is 23.7 Å². The summed E-state index contributed by atoms with van der Waals surface area (Å²) in [5.41, 5.74) is -0.939. The number of nitro groups is 1. The highest BCUT2D eigenvalue weighted by Gasteiger charge is 2.19. The number of nitro benzene ring substituents is 1. The summed E-state index contributed by atoms with van der Waals surface area (Å²) in [7, 11) is 0. The van der Waals surface area contributed by atoms with Gasteiger partial charge in [-0.15, -0.1) is 0 Å². The average Bonchev–Trinajstić information content (AvgIpc) is 2.37. The fourth-order valence-electron chi connectivity index (χ4n) is 1.40. The quantitative estimate of drug-likeness (QED) is 0.435. The summed E-state index contributed by atoms with van der Waals surface area (Å²) in [6.07, 6.45) is 1.10. The molecule has 0 heterocycles. The predicted molar refractivity (Wildman–Crippen MR) is 63.0 cm³/mol. The van der Waals surface area contributed by atoms with Gasteiger partial charge in [-0.2, -0.15) is 4.39 Å². The molecule has 1 aromatic carbocycles. The van der Waals surface area contributed by atoms with Crippen molar-refractivity contribution in [2.45, 2.75) is 26.2 Å². The maximum Gasteiger partial charge on any atom is 0.307 e. The summed E-state index contributed by atoms with van der Waals surface area (Å²) >= 11 is 0. The Morgan fingerprint density at radius 3 is 2.63 bits per heavy atom.